The first-order chi connectivity index (χ1) is 14.0. The van der Waals surface area contributed by atoms with Crippen molar-refractivity contribution in [3.05, 3.63) is 36.0 Å². The van der Waals surface area contributed by atoms with Crippen LogP contribution in [0.3, 0.4) is 0 Å². The van der Waals surface area contributed by atoms with Crippen molar-refractivity contribution in [3.63, 3.8) is 0 Å². The monoisotopic (exact) mass is 399 g/mol. The molecule has 0 aliphatic carbocycles. The first kappa shape index (κ1) is 19.9. The Morgan fingerprint density at radius 1 is 1.17 bits per heavy atom. The van der Waals surface area contributed by atoms with Crippen molar-refractivity contribution >= 4 is 22.7 Å². The highest BCUT2D eigenvalue weighted by Crippen LogP contribution is 2.42. The summed E-state index contributed by atoms with van der Waals surface area (Å²) in [4.78, 5) is 29.6. The van der Waals surface area contributed by atoms with Gasteiger partial charge in [0.2, 0.25) is 5.91 Å². The Bertz CT molecular complexity index is 924. The van der Waals surface area contributed by atoms with Crippen molar-refractivity contribution in [2.75, 3.05) is 32.8 Å². The molecule has 0 saturated carbocycles. The largest absolute Gasteiger partial charge is 0.396 e. The van der Waals surface area contributed by atoms with Crippen LogP contribution in [0.2, 0.25) is 0 Å². The molecule has 156 valence electrons. The van der Waals surface area contributed by atoms with Crippen LogP contribution in [0.5, 0.6) is 0 Å². The third-order valence-corrected chi connectivity index (χ3v) is 6.81. The average Bonchev–Trinajstić information content (AvgIpc) is 3.09. The van der Waals surface area contributed by atoms with Crippen molar-refractivity contribution in [1.29, 1.82) is 0 Å². The van der Waals surface area contributed by atoms with E-state index in [9.17, 15) is 19.8 Å². The number of likely N-dealkylation sites (tertiary alicyclic amines) is 2. The second kappa shape index (κ2) is 7.80. The summed E-state index contributed by atoms with van der Waals surface area (Å²) in [5.74, 6) is -0.136. The number of carbonyl (C=O) groups excluding carboxylic acids is 2. The van der Waals surface area contributed by atoms with Crippen LogP contribution in [0.1, 0.15) is 36.0 Å². The molecule has 2 fully saturated rings. The topological polar surface area (TPSA) is 86.0 Å². The van der Waals surface area contributed by atoms with Gasteiger partial charge in [0.25, 0.3) is 5.91 Å². The Morgan fingerprint density at radius 2 is 1.97 bits per heavy atom. The predicted octanol–water partition coefficient (Wildman–Crippen LogP) is 1.38. The molecule has 2 aromatic rings. The molecule has 7 heteroatoms. The van der Waals surface area contributed by atoms with E-state index in [1.807, 2.05) is 47.0 Å². The highest BCUT2D eigenvalue weighted by Gasteiger charge is 2.49. The van der Waals surface area contributed by atoms with Crippen LogP contribution in [0.25, 0.3) is 10.9 Å². The predicted molar refractivity (Wildman–Crippen MR) is 109 cm³/mol. The van der Waals surface area contributed by atoms with E-state index in [-0.39, 0.29) is 42.9 Å². The first-order valence-corrected chi connectivity index (χ1v) is 10.4. The second-order valence-corrected chi connectivity index (χ2v) is 8.37. The summed E-state index contributed by atoms with van der Waals surface area (Å²) in [6, 6.07) is 7.63. The normalized spacial score (nSPS) is 24.6. The number of piperidine rings is 2. The molecule has 2 aliphatic heterocycles. The van der Waals surface area contributed by atoms with E-state index in [2.05, 4.69) is 0 Å². The zero-order chi connectivity index (χ0) is 20.6. The maximum absolute atomic E-state index is 13.4. The molecule has 29 heavy (non-hydrogen) atoms. The summed E-state index contributed by atoms with van der Waals surface area (Å²) >= 11 is 0. The van der Waals surface area contributed by atoms with Gasteiger partial charge in [-0.2, -0.15) is 0 Å². The Kier molecular flexibility index (Phi) is 5.36. The summed E-state index contributed by atoms with van der Waals surface area (Å²) in [6.07, 6.45) is 4.32. The van der Waals surface area contributed by atoms with Crippen LogP contribution >= 0.6 is 0 Å². The number of hydrogen-bond donors (Lipinski definition) is 2. The molecule has 2 atom stereocenters. The van der Waals surface area contributed by atoms with Crippen LogP contribution < -0.4 is 0 Å². The lowest BCUT2D eigenvalue weighted by Gasteiger charge is -2.54. The molecule has 0 radical (unpaired) electrons. The van der Waals surface area contributed by atoms with E-state index in [0.29, 0.717) is 31.6 Å². The summed E-state index contributed by atoms with van der Waals surface area (Å²) in [5, 5.41) is 20.3. The zero-order valence-corrected chi connectivity index (χ0v) is 16.9. The number of benzene rings is 1. The van der Waals surface area contributed by atoms with Gasteiger partial charge in [0.05, 0.1) is 24.8 Å². The van der Waals surface area contributed by atoms with Gasteiger partial charge in [-0.25, -0.2) is 0 Å². The number of rotatable bonds is 4. The van der Waals surface area contributed by atoms with Gasteiger partial charge in [0.1, 0.15) is 0 Å². The van der Waals surface area contributed by atoms with E-state index in [1.165, 1.54) is 0 Å². The van der Waals surface area contributed by atoms with E-state index >= 15 is 0 Å². The molecular weight excluding hydrogens is 370 g/mol. The van der Waals surface area contributed by atoms with Gasteiger partial charge in [-0.15, -0.1) is 0 Å². The lowest BCUT2D eigenvalue weighted by Crippen LogP contribution is -2.64. The number of aryl methyl sites for hydroxylation is 1. The molecule has 2 amide bonds. The summed E-state index contributed by atoms with van der Waals surface area (Å²) in [6.45, 7) is 1.42. The fourth-order valence-corrected chi connectivity index (χ4v) is 5.16. The van der Waals surface area contributed by atoms with E-state index < -0.39 is 0 Å². The number of aromatic nitrogens is 1. The minimum atomic E-state index is -0.362. The molecular formula is C22H29N3O4. The Morgan fingerprint density at radius 3 is 2.72 bits per heavy atom. The number of amides is 2. The smallest absolute Gasteiger partial charge is 0.256 e. The first-order valence-electron chi connectivity index (χ1n) is 10.4. The maximum Gasteiger partial charge on any atom is 0.256 e. The van der Waals surface area contributed by atoms with Crippen molar-refractivity contribution in [2.45, 2.75) is 31.7 Å². The fourth-order valence-electron chi connectivity index (χ4n) is 5.16. The van der Waals surface area contributed by atoms with Crippen LogP contribution in [-0.4, -0.2) is 75.3 Å². The lowest BCUT2D eigenvalue weighted by atomic mass is 9.68. The Balaban J connectivity index is 1.63. The van der Waals surface area contributed by atoms with E-state index in [0.717, 1.165) is 23.7 Å². The third kappa shape index (κ3) is 3.32. The van der Waals surface area contributed by atoms with E-state index in [4.69, 9.17) is 0 Å². The Labute approximate surface area is 170 Å². The zero-order valence-electron chi connectivity index (χ0n) is 16.9. The molecule has 2 aliphatic rings. The molecule has 1 aromatic heterocycles. The van der Waals surface area contributed by atoms with Gasteiger partial charge in [-0.1, -0.05) is 18.2 Å². The molecule has 1 aromatic carbocycles. The van der Waals surface area contributed by atoms with Gasteiger partial charge in [-0.3, -0.25) is 9.59 Å². The Hall–Kier alpha value is -2.38. The molecule has 4 rings (SSSR count). The number of fused-ring (bicyclic) bond motifs is 2. The minimum absolute atomic E-state index is 0.0108. The molecule has 7 nitrogen and oxygen atoms in total. The molecule has 3 heterocycles. The molecule has 0 unspecified atom stereocenters. The second-order valence-electron chi connectivity index (χ2n) is 8.37. The van der Waals surface area contributed by atoms with Crippen LogP contribution in [0, 0.1) is 5.41 Å². The van der Waals surface area contributed by atoms with Crippen LogP contribution in [0.15, 0.2) is 30.5 Å². The van der Waals surface area contributed by atoms with Gasteiger partial charge in [-0.05, 0) is 25.3 Å². The van der Waals surface area contributed by atoms with Crippen LogP contribution in [-0.2, 0) is 11.8 Å². The quantitative estimate of drug-likeness (QED) is 0.813. The highest BCUT2D eigenvalue weighted by molar-refractivity contribution is 6.07. The number of hydrogen-bond acceptors (Lipinski definition) is 4. The number of nitrogens with zero attached hydrogens (tertiary/aromatic N) is 3. The fraction of sp³-hybridized carbons (Fsp3) is 0.545. The standard InChI is InChI=1S/C22H29N3O4/c1-23-13-17(16-5-2-3-6-18(16)23)21(29)24-11-9-22(15-27)8-4-10-25(19(22)14-24)20(28)7-12-26/h2-3,5-6,13,19,26-27H,4,7-12,14-15H2,1H3/t19-,22-/m0/s1. The number of aliphatic hydroxyl groups is 2. The van der Waals surface area contributed by atoms with Gasteiger partial charge in [0, 0.05) is 55.6 Å². The highest BCUT2D eigenvalue weighted by atomic mass is 16.3. The van der Waals surface area contributed by atoms with Gasteiger partial charge >= 0.3 is 0 Å². The molecule has 0 bridgehead atoms. The van der Waals surface area contributed by atoms with Gasteiger partial charge < -0.3 is 24.6 Å². The number of carbonyl (C=O) groups is 2. The number of aliphatic hydroxyl groups excluding tert-OH is 2. The summed E-state index contributed by atoms with van der Waals surface area (Å²) < 4.78 is 1.96. The summed E-state index contributed by atoms with van der Waals surface area (Å²) in [7, 11) is 1.93. The maximum atomic E-state index is 13.4. The van der Waals surface area contributed by atoms with Crippen LogP contribution in [0.4, 0.5) is 0 Å². The molecule has 2 saturated heterocycles. The lowest BCUT2D eigenvalue weighted by molar-refractivity contribution is -0.146. The van der Waals surface area contributed by atoms with Crippen molar-refractivity contribution in [3.8, 4) is 0 Å². The molecule has 0 spiro atoms. The van der Waals surface area contributed by atoms with Crippen molar-refractivity contribution in [1.82, 2.24) is 14.4 Å². The minimum Gasteiger partial charge on any atom is -0.396 e. The van der Waals surface area contributed by atoms with Crippen molar-refractivity contribution < 1.29 is 19.8 Å². The third-order valence-electron chi connectivity index (χ3n) is 6.81. The SMILES string of the molecule is Cn1cc(C(=O)N2CC[C@]3(CO)CCCN(C(=O)CCO)[C@H]3C2)c2ccccc21. The summed E-state index contributed by atoms with van der Waals surface area (Å²) in [5.41, 5.74) is 1.32. The van der Waals surface area contributed by atoms with E-state index in [1.54, 1.807) is 4.90 Å². The van der Waals surface area contributed by atoms with Gasteiger partial charge in [0.15, 0.2) is 0 Å². The number of para-hydroxylation sites is 1. The van der Waals surface area contributed by atoms with Crippen molar-refractivity contribution in [2.24, 2.45) is 12.5 Å². The average molecular weight is 399 g/mol. The molecule has 2 N–H and O–H groups in total.